The predicted molar refractivity (Wildman–Crippen MR) is 93.3 cm³/mol. The molecule has 1 N–H and O–H groups in total. The van der Waals surface area contributed by atoms with Crippen LogP contribution in [0.4, 0.5) is 16.2 Å². The third-order valence-electron chi connectivity index (χ3n) is 4.18. The Balaban J connectivity index is 1.80. The van der Waals surface area contributed by atoms with E-state index in [1.165, 1.54) is 12.7 Å². The lowest BCUT2D eigenvalue weighted by molar-refractivity contribution is -0.139. The van der Waals surface area contributed by atoms with E-state index in [2.05, 4.69) is 11.4 Å². The Labute approximate surface area is 141 Å². The summed E-state index contributed by atoms with van der Waals surface area (Å²) >= 11 is 0. The van der Waals surface area contributed by atoms with Gasteiger partial charge >= 0.3 is 12.0 Å². The molecule has 24 heavy (non-hydrogen) atoms. The van der Waals surface area contributed by atoms with Crippen LogP contribution in [0, 0.1) is 0 Å². The van der Waals surface area contributed by atoms with E-state index in [-0.39, 0.29) is 18.4 Å². The van der Waals surface area contributed by atoms with Gasteiger partial charge in [-0.2, -0.15) is 0 Å². The molecule has 0 bridgehead atoms. The number of methoxy groups -OCH3 is 1. The van der Waals surface area contributed by atoms with Crippen molar-refractivity contribution in [3.05, 3.63) is 59.7 Å². The van der Waals surface area contributed by atoms with Crippen molar-refractivity contribution in [3.8, 4) is 0 Å². The number of nitrogens with one attached hydrogen (secondary N) is 1. The third kappa shape index (κ3) is 3.40. The van der Waals surface area contributed by atoms with E-state index < -0.39 is 0 Å². The molecule has 1 aliphatic heterocycles. The van der Waals surface area contributed by atoms with Crippen LogP contribution >= 0.6 is 0 Å². The molecule has 3 rings (SSSR count). The maximum absolute atomic E-state index is 12.7. The molecule has 0 radical (unpaired) electrons. The summed E-state index contributed by atoms with van der Waals surface area (Å²) in [4.78, 5) is 26.0. The zero-order valence-electron chi connectivity index (χ0n) is 13.6. The first kappa shape index (κ1) is 16.1. The lowest BCUT2D eigenvalue weighted by Crippen LogP contribution is -2.38. The summed E-state index contributed by atoms with van der Waals surface area (Å²) < 4.78 is 4.71. The minimum atomic E-state index is -0.333. The SMILES string of the molecule is COC(=O)Cc1ccccc1NC(=O)N1CCCc2ccccc21. The van der Waals surface area contributed by atoms with E-state index in [0.717, 1.165) is 24.1 Å². The average Bonchev–Trinajstić information content (AvgIpc) is 2.62. The molecule has 2 amide bonds. The topological polar surface area (TPSA) is 58.6 Å². The van der Waals surface area contributed by atoms with Crippen LogP contribution in [0.5, 0.6) is 0 Å². The van der Waals surface area contributed by atoms with Gasteiger partial charge in [-0.3, -0.25) is 9.69 Å². The molecule has 5 nitrogen and oxygen atoms in total. The van der Waals surface area contributed by atoms with Gasteiger partial charge in [-0.25, -0.2) is 4.79 Å². The second-order valence-electron chi connectivity index (χ2n) is 5.72. The molecular formula is C19H20N2O3. The second kappa shape index (κ2) is 7.17. The van der Waals surface area contributed by atoms with Gasteiger partial charge in [-0.1, -0.05) is 36.4 Å². The highest BCUT2D eigenvalue weighted by Gasteiger charge is 2.22. The predicted octanol–water partition coefficient (Wildman–Crippen LogP) is 3.39. The Hall–Kier alpha value is -2.82. The van der Waals surface area contributed by atoms with E-state index in [9.17, 15) is 9.59 Å². The van der Waals surface area contributed by atoms with Crippen LogP contribution in [0.1, 0.15) is 17.5 Å². The van der Waals surface area contributed by atoms with Crippen molar-refractivity contribution >= 4 is 23.4 Å². The molecule has 0 aromatic heterocycles. The highest BCUT2D eigenvalue weighted by atomic mass is 16.5. The number of para-hydroxylation sites is 2. The van der Waals surface area contributed by atoms with Crippen molar-refractivity contribution in [1.29, 1.82) is 0 Å². The fraction of sp³-hybridized carbons (Fsp3) is 0.263. The standard InChI is InChI=1S/C19H20N2O3/c1-24-18(22)13-15-8-2-4-10-16(15)20-19(23)21-12-6-9-14-7-3-5-11-17(14)21/h2-5,7-8,10-11H,6,9,12-13H2,1H3,(H,20,23). The van der Waals surface area contributed by atoms with Gasteiger partial charge in [0.05, 0.1) is 13.5 Å². The number of aryl methyl sites for hydroxylation is 1. The van der Waals surface area contributed by atoms with Gasteiger partial charge in [0.2, 0.25) is 0 Å². The van der Waals surface area contributed by atoms with Crippen LogP contribution in [-0.2, 0) is 22.4 Å². The zero-order valence-corrected chi connectivity index (χ0v) is 13.6. The number of hydrogen-bond donors (Lipinski definition) is 1. The van der Waals surface area contributed by atoms with E-state index in [1.54, 1.807) is 11.0 Å². The molecule has 0 aliphatic carbocycles. The second-order valence-corrected chi connectivity index (χ2v) is 5.72. The summed E-state index contributed by atoms with van der Waals surface area (Å²) in [7, 11) is 1.36. The van der Waals surface area contributed by atoms with Crippen molar-refractivity contribution in [2.45, 2.75) is 19.3 Å². The number of ether oxygens (including phenoxy) is 1. The van der Waals surface area contributed by atoms with Crippen molar-refractivity contribution in [2.75, 3.05) is 23.9 Å². The number of hydrogen-bond acceptors (Lipinski definition) is 3. The summed E-state index contributed by atoms with van der Waals surface area (Å²) in [5, 5.41) is 2.93. The molecule has 1 aliphatic rings. The lowest BCUT2D eigenvalue weighted by atomic mass is 10.0. The number of esters is 1. The molecule has 0 atom stereocenters. The Morgan fingerprint density at radius 1 is 1.12 bits per heavy atom. The summed E-state index contributed by atoms with van der Waals surface area (Å²) in [5.74, 6) is -0.333. The molecular weight excluding hydrogens is 304 g/mol. The first-order valence-corrected chi connectivity index (χ1v) is 8.00. The highest BCUT2D eigenvalue weighted by Crippen LogP contribution is 2.27. The first-order valence-electron chi connectivity index (χ1n) is 8.00. The maximum Gasteiger partial charge on any atom is 0.326 e. The smallest absolute Gasteiger partial charge is 0.326 e. The van der Waals surface area contributed by atoms with Crippen molar-refractivity contribution in [3.63, 3.8) is 0 Å². The molecule has 0 saturated carbocycles. The van der Waals surface area contributed by atoms with Gasteiger partial charge in [0.15, 0.2) is 0 Å². The maximum atomic E-state index is 12.7. The number of amides is 2. The molecule has 2 aromatic rings. The molecule has 0 fully saturated rings. The van der Waals surface area contributed by atoms with Crippen molar-refractivity contribution in [2.24, 2.45) is 0 Å². The number of benzene rings is 2. The number of nitrogens with zero attached hydrogens (tertiary/aromatic N) is 1. The number of urea groups is 1. The summed E-state index contributed by atoms with van der Waals surface area (Å²) in [5.41, 5.74) is 3.51. The van der Waals surface area contributed by atoms with Crippen LogP contribution in [-0.4, -0.2) is 25.7 Å². The zero-order chi connectivity index (χ0) is 16.9. The quantitative estimate of drug-likeness (QED) is 0.881. The van der Waals surface area contributed by atoms with Crippen molar-refractivity contribution in [1.82, 2.24) is 0 Å². The van der Waals surface area contributed by atoms with Crippen LogP contribution in [0.3, 0.4) is 0 Å². The molecule has 0 spiro atoms. The van der Waals surface area contributed by atoms with Gasteiger partial charge in [-0.05, 0) is 36.1 Å². The average molecular weight is 324 g/mol. The molecule has 0 unspecified atom stereocenters. The largest absolute Gasteiger partial charge is 0.469 e. The minimum absolute atomic E-state index is 0.129. The summed E-state index contributed by atoms with van der Waals surface area (Å²) in [6.45, 7) is 0.683. The Morgan fingerprint density at radius 2 is 1.88 bits per heavy atom. The normalized spacial score (nSPS) is 13.1. The minimum Gasteiger partial charge on any atom is -0.469 e. The number of carbonyl (C=O) groups excluding carboxylic acids is 2. The number of anilines is 2. The number of rotatable bonds is 3. The Kier molecular flexibility index (Phi) is 4.79. The van der Waals surface area contributed by atoms with Gasteiger partial charge in [-0.15, -0.1) is 0 Å². The molecule has 1 heterocycles. The fourth-order valence-corrected chi connectivity index (χ4v) is 2.95. The van der Waals surface area contributed by atoms with Gasteiger partial charge in [0.25, 0.3) is 0 Å². The van der Waals surface area contributed by atoms with E-state index in [4.69, 9.17) is 4.74 Å². The van der Waals surface area contributed by atoms with Gasteiger partial charge < -0.3 is 10.1 Å². The Bertz CT molecular complexity index is 758. The molecule has 124 valence electrons. The van der Waals surface area contributed by atoms with Crippen LogP contribution in [0.25, 0.3) is 0 Å². The van der Waals surface area contributed by atoms with Gasteiger partial charge in [0, 0.05) is 17.9 Å². The summed E-state index contributed by atoms with van der Waals surface area (Å²) in [6, 6.07) is 15.1. The van der Waals surface area contributed by atoms with E-state index in [1.807, 2.05) is 36.4 Å². The third-order valence-corrected chi connectivity index (χ3v) is 4.18. The van der Waals surface area contributed by atoms with Crippen LogP contribution < -0.4 is 10.2 Å². The van der Waals surface area contributed by atoms with E-state index >= 15 is 0 Å². The van der Waals surface area contributed by atoms with Crippen LogP contribution in [0.15, 0.2) is 48.5 Å². The fourth-order valence-electron chi connectivity index (χ4n) is 2.95. The monoisotopic (exact) mass is 324 g/mol. The Morgan fingerprint density at radius 3 is 2.71 bits per heavy atom. The van der Waals surface area contributed by atoms with Crippen LogP contribution in [0.2, 0.25) is 0 Å². The lowest BCUT2D eigenvalue weighted by Gasteiger charge is -2.29. The highest BCUT2D eigenvalue weighted by molar-refractivity contribution is 6.03. The van der Waals surface area contributed by atoms with E-state index in [0.29, 0.717) is 12.2 Å². The number of fused-ring (bicyclic) bond motifs is 1. The van der Waals surface area contributed by atoms with Gasteiger partial charge in [0.1, 0.15) is 0 Å². The molecule has 0 saturated heterocycles. The molecule has 2 aromatic carbocycles. The van der Waals surface area contributed by atoms with Crippen molar-refractivity contribution < 1.29 is 14.3 Å². The summed E-state index contributed by atoms with van der Waals surface area (Å²) in [6.07, 6.45) is 2.05. The first-order chi connectivity index (χ1) is 11.7. The molecule has 5 heteroatoms. The number of carbonyl (C=O) groups is 2.